The number of benzene rings is 1. The molecule has 1 fully saturated rings. The van der Waals surface area contributed by atoms with E-state index in [0.717, 1.165) is 26.1 Å². The van der Waals surface area contributed by atoms with Crippen molar-refractivity contribution < 1.29 is 9.50 Å². The van der Waals surface area contributed by atoms with Crippen LogP contribution in [0.3, 0.4) is 0 Å². The van der Waals surface area contributed by atoms with E-state index in [-0.39, 0.29) is 5.82 Å². The minimum Gasteiger partial charge on any atom is -0.387 e. The van der Waals surface area contributed by atoms with Gasteiger partial charge in [-0.25, -0.2) is 9.37 Å². The number of likely N-dealkylation sites (tertiary alicyclic amines) is 1. The van der Waals surface area contributed by atoms with Crippen LogP contribution in [0.5, 0.6) is 0 Å². The number of nitriles is 1. The Hall–Kier alpha value is -2.49. The van der Waals surface area contributed by atoms with Gasteiger partial charge in [0.25, 0.3) is 0 Å². The topological polar surface area (TPSA) is 72.2 Å². The SMILES string of the molecule is N#Cc1cccnc1NC[C@H]1CCN(C[C@H](O)c2cccc(F)c2)C1. The van der Waals surface area contributed by atoms with Crippen LogP contribution in [0.1, 0.15) is 23.7 Å². The molecule has 2 atom stereocenters. The largest absolute Gasteiger partial charge is 0.387 e. The van der Waals surface area contributed by atoms with Gasteiger partial charge in [-0.05, 0) is 48.7 Å². The van der Waals surface area contributed by atoms with Gasteiger partial charge < -0.3 is 15.3 Å². The lowest BCUT2D eigenvalue weighted by Gasteiger charge is -2.20. The highest BCUT2D eigenvalue weighted by Gasteiger charge is 2.24. The van der Waals surface area contributed by atoms with E-state index >= 15 is 0 Å². The maximum absolute atomic E-state index is 13.3. The highest BCUT2D eigenvalue weighted by molar-refractivity contribution is 5.51. The first kappa shape index (κ1) is 17.3. The van der Waals surface area contributed by atoms with Crippen molar-refractivity contribution in [2.45, 2.75) is 12.5 Å². The number of halogens is 1. The predicted molar refractivity (Wildman–Crippen MR) is 93.3 cm³/mol. The number of aliphatic hydroxyl groups is 1. The second kappa shape index (κ2) is 8.06. The zero-order valence-electron chi connectivity index (χ0n) is 13.9. The van der Waals surface area contributed by atoms with Crippen LogP contribution in [-0.2, 0) is 0 Å². The molecule has 1 aliphatic rings. The van der Waals surface area contributed by atoms with E-state index in [2.05, 4.69) is 21.3 Å². The Morgan fingerprint density at radius 2 is 2.28 bits per heavy atom. The van der Waals surface area contributed by atoms with Crippen LogP contribution in [0.2, 0.25) is 0 Å². The average molecular weight is 340 g/mol. The molecule has 25 heavy (non-hydrogen) atoms. The van der Waals surface area contributed by atoms with Gasteiger partial charge in [0, 0.05) is 25.8 Å². The van der Waals surface area contributed by atoms with Gasteiger partial charge in [0.1, 0.15) is 17.7 Å². The van der Waals surface area contributed by atoms with Crippen molar-refractivity contribution in [3.05, 3.63) is 59.5 Å². The number of pyridine rings is 1. The summed E-state index contributed by atoms with van der Waals surface area (Å²) in [6.07, 6.45) is 1.99. The van der Waals surface area contributed by atoms with Crippen molar-refractivity contribution >= 4 is 5.82 Å². The molecular formula is C19H21FN4O. The number of hydrogen-bond donors (Lipinski definition) is 2. The Bertz CT molecular complexity index is 761. The lowest BCUT2D eigenvalue weighted by molar-refractivity contribution is 0.124. The second-order valence-corrected chi connectivity index (χ2v) is 6.38. The van der Waals surface area contributed by atoms with Gasteiger partial charge in [0.15, 0.2) is 0 Å². The number of rotatable bonds is 6. The van der Waals surface area contributed by atoms with E-state index in [0.29, 0.717) is 29.4 Å². The van der Waals surface area contributed by atoms with Gasteiger partial charge in [0.05, 0.1) is 11.7 Å². The predicted octanol–water partition coefficient (Wildman–Crippen LogP) is 2.56. The van der Waals surface area contributed by atoms with Gasteiger partial charge in [0.2, 0.25) is 0 Å². The average Bonchev–Trinajstić information content (AvgIpc) is 3.07. The van der Waals surface area contributed by atoms with E-state index < -0.39 is 6.10 Å². The third-order valence-corrected chi connectivity index (χ3v) is 4.52. The maximum Gasteiger partial charge on any atom is 0.143 e. The molecule has 2 heterocycles. The number of nitrogens with one attached hydrogen (secondary N) is 1. The van der Waals surface area contributed by atoms with Gasteiger partial charge in [-0.2, -0.15) is 5.26 Å². The van der Waals surface area contributed by atoms with Crippen LogP contribution < -0.4 is 5.32 Å². The molecule has 1 aromatic heterocycles. The standard InChI is InChI=1S/C19H21FN4O/c20-17-5-1-3-15(9-17)18(25)13-24-8-6-14(12-24)11-23-19-16(10-21)4-2-7-22-19/h1-5,7,9,14,18,25H,6,8,11-13H2,(H,22,23)/t14-,18+/m1/s1. The van der Waals surface area contributed by atoms with Crippen molar-refractivity contribution in [2.24, 2.45) is 5.92 Å². The molecule has 2 N–H and O–H groups in total. The Kier molecular flexibility index (Phi) is 5.59. The molecule has 1 aliphatic heterocycles. The summed E-state index contributed by atoms with van der Waals surface area (Å²) >= 11 is 0. The molecule has 5 nitrogen and oxygen atoms in total. The quantitative estimate of drug-likeness (QED) is 0.846. The smallest absolute Gasteiger partial charge is 0.143 e. The Morgan fingerprint density at radius 1 is 1.40 bits per heavy atom. The van der Waals surface area contributed by atoms with Crippen LogP contribution in [0, 0.1) is 23.1 Å². The molecule has 130 valence electrons. The van der Waals surface area contributed by atoms with E-state index in [1.807, 2.05) is 0 Å². The molecule has 0 amide bonds. The lowest BCUT2D eigenvalue weighted by atomic mass is 10.1. The zero-order valence-corrected chi connectivity index (χ0v) is 13.9. The van der Waals surface area contributed by atoms with Crippen LogP contribution in [-0.4, -0.2) is 41.2 Å². The van der Waals surface area contributed by atoms with E-state index in [4.69, 9.17) is 5.26 Å². The number of nitrogens with zero attached hydrogens (tertiary/aromatic N) is 3. The molecule has 0 unspecified atom stereocenters. The summed E-state index contributed by atoms with van der Waals surface area (Å²) in [5.74, 6) is 0.709. The van der Waals surface area contributed by atoms with E-state index in [1.54, 1.807) is 30.5 Å². The summed E-state index contributed by atoms with van der Waals surface area (Å²) in [6, 6.07) is 11.7. The molecule has 0 radical (unpaired) electrons. The van der Waals surface area contributed by atoms with Crippen molar-refractivity contribution in [2.75, 3.05) is 31.5 Å². The molecule has 2 aromatic rings. The first-order valence-corrected chi connectivity index (χ1v) is 8.40. The minimum absolute atomic E-state index is 0.330. The highest BCUT2D eigenvalue weighted by atomic mass is 19.1. The number of β-amino-alcohol motifs (C(OH)–C–C–N with tert-alkyl or cyclic N) is 1. The summed E-state index contributed by atoms with van der Waals surface area (Å²) in [5.41, 5.74) is 1.15. The first-order valence-electron chi connectivity index (χ1n) is 8.40. The van der Waals surface area contributed by atoms with Crippen LogP contribution in [0.15, 0.2) is 42.6 Å². The first-order chi connectivity index (χ1) is 12.2. The third-order valence-electron chi connectivity index (χ3n) is 4.52. The fourth-order valence-corrected chi connectivity index (χ4v) is 3.19. The molecule has 6 heteroatoms. The normalized spacial score (nSPS) is 18.7. The zero-order chi connectivity index (χ0) is 17.6. The third kappa shape index (κ3) is 4.53. The molecule has 1 aromatic carbocycles. The van der Waals surface area contributed by atoms with Gasteiger partial charge in [-0.15, -0.1) is 0 Å². The molecule has 0 bridgehead atoms. The maximum atomic E-state index is 13.3. The van der Waals surface area contributed by atoms with Crippen molar-refractivity contribution in [1.29, 1.82) is 5.26 Å². The molecule has 0 saturated carbocycles. The van der Waals surface area contributed by atoms with Crippen LogP contribution >= 0.6 is 0 Å². The van der Waals surface area contributed by atoms with Crippen molar-refractivity contribution in [1.82, 2.24) is 9.88 Å². The van der Waals surface area contributed by atoms with Crippen molar-refractivity contribution in [3.63, 3.8) is 0 Å². The number of anilines is 1. The van der Waals surface area contributed by atoms with Gasteiger partial charge in [-0.3, -0.25) is 0 Å². The summed E-state index contributed by atoms with van der Waals surface area (Å²) < 4.78 is 13.3. The molecular weight excluding hydrogens is 319 g/mol. The highest BCUT2D eigenvalue weighted by Crippen LogP contribution is 2.22. The molecule has 3 rings (SSSR count). The fraction of sp³-hybridized carbons (Fsp3) is 0.368. The number of hydrogen-bond acceptors (Lipinski definition) is 5. The fourth-order valence-electron chi connectivity index (χ4n) is 3.19. The van der Waals surface area contributed by atoms with Gasteiger partial charge >= 0.3 is 0 Å². The Balaban J connectivity index is 1.49. The molecule has 0 aliphatic carbocycles. The van der Waals surface area contributed by atoms with E-state index in [9.17, 15) is 9.50 Å². The summed E-state index contributed by atoms with van der Waals surface area (Å²) in [7, 11) is 0. The summed E-state index contributed by atoms with van der Waals surface area (Å²) in [5, 5.41) is 22.6. The number of aliphatic hydroxyl groups excluding tert-OH is 1. The Labute approximate surface area is 146 Å². The lowest BCUT2D eigenvalue weighted by Crippen LogP contribution is -2.28. The van der Waals surface area contributed by atoms with Crippen molar-refractivity contribution in [3.8, 4) is 6.07 Å². The van der Waals surface area contributed by atoms with Gasteiger partial charge in [-0.1, -0.05) is 12.1 Å². The monoisotopic (exact) mass is 340 g/mol. The Morgan fingerprint density at radius 3 is 3.08 bits per heavy atom. The summed E-state index contributed by atoms with van der Waals surface area (Å²) in [6.45, 7) is 2.98. The second-order valence-electron chi connectivity index (χ2n) is 6.38. The summed E-state index contributed by atoms with van der Waals surface area (Å²) in [4.78, 5) is 6.39. The minimum atomic E-state index is -0.691. The van der Waals surface area contributed by atoms with E-state index in [1.165, 1.54) is 12.1 Å². The number of aromatic nitrogens is 1. The van der Waals surface area contributed by atoms with Crippen LogP contribution in [0.25, 0.3) is 0 Å². The molecule has 0 spiro atoms. The molecule has 1 saturated heterocycles. The van der Waals surface area contributed by atoms with Crippen LogP contribution in [0.4, 0.5) is 10.2 Å².